The quantitative estimate of drug-likeness (QED) is 0.613. The predicted molar refractivity (Wildman–Crippen MR) is 101 cm³/mol. The highest BCUT2D eigenvalue weighted by molar-refractivity contribution is 5.80. The lowest BCUT2D eigenvalue weighted by Gasteiger charge is -2.36. The molecule has 1 atom stereocenters. The number of fused-ring (bicyclic) bond motifs is 1. The van der Waals surface area contributed by atoms with Crippen LogP contribution in [0.4, 0.5) is 5.82 Å². The molecule has 130 valence electrons. The summed E-state index contributed by atoms with van der Waals surface area (Å²) >= 11 is 0. The number of benzene rings is 1. The van der Waals surface area contributed by atoms with Crippen LogP contribution in [0.25, 0.3) is 16.7 Å². The zero-order chi connectivity index (χ0) is 17.3. The number of para-hydroxylation sites is 1. The third-order valence-electron chi connectivity index (χ3n) is 5.11. The summed E-state index contributed by atoms with van der Waals surface area (Å²) in [5, 5.41) is 1.26. The van der Waals surface area contributed by atoms with Crippen LogP contribution in [0.2, 0.25) is 0 Å². The van der Waals surface area contributed by atoms with E-state index < -0.39 is 0 Å². The number of hydrogen-bond donors (Lipinski definition) is 1. The van der Waals surface area contributed by atoms with Gasteiger partial charge in [0, 0.05) is 36.2 Å². The average molecular weight is 344 g/mol. The fraction of sp³-hybridized carbons (Fsp3) is 0.250. The molecule has 1 fully saturated rings. The summed E-state index contributed by atoms with van der Waals surface area (Å²) in [6.07, 6.45) is 10.6. The van der Waals surface area contributed by atoms with Gasteiger partial charge in [-0.05, 0) is 36.8 Å². The molecule has 3 aromatic heterocycles. The Balaban J connectivity index is 1.53. The van der Waals surface area contributed by atoms with Crippen molar-refractivity contribution in [2.45, 2.75) is 25.3 Å². The molecule has 1 aromatic carbocycles. The summed E-state index contributed by atoms with van der Waals surface area (Å²) in [4.78, 5) is 19.1. The van der Waals surface area contributed by atoms with Gasteiger partial charge < -0.3 is 9.88 Å². The van der Waals surface area contributed by atoms with Gasteiger partial charge in [0.2, 0.25) is 0 Å². The molecule has 1 N–H and O–H groups in total. The minimum absolute atomic E-state index is 0.307. The molecule has 5 rings (SSSR count). The van der Waals surface area contributed by atoms with Crippen LogP contribution < -0.4 is 4.90 Å². The van der Waals surface area contributed by atoms with E-state index in [1.54, 1.807) is 18.9 Å². The van der Waals surface area contributed by atoms with E-state index in [2.05, 4.69) is 55.2 Å². The lowest BCUT2D eigenvalue weighted by Crippen LogP contribution is -2.34. The highest BCUT2D eigenvalue weighted by Crippen LogP contribution is 2.35. The number of nitrogens with zero attached hydrogens (tertiary/aromatic N) is 5. The largest absolute Gasteiger partial charge is 0.357 e. The van der Waals surface area contributed by atoms with E-state index in [0.29, 0.717) is 6.04 Å². The van der Waals surface area contributed by atoms with Crippen molar-refractivity contribution in [2.75, 3.05) is 11.4 Å². The van der Waals surface area contributed by atoms with Crippen LogP contribution in [0.3, 0.4) is 0 Å². The van der Waals surface area contributed by atoms with Crippen LogP contribution in [0, 0.1) is 0 Å². The number of aromatic nitrogens is 5. The smallest absolute Gasteiger partial charge is 0.143 e. The standard InChI is InChI=1S/C20H20N6/c1-2-6-16-15(5-1)11-17(24-16)18-7-3-4-9-26(18)20-12-19(22-13-23-20)25-10-8-21-14-25/h1-2,5-6,8,10-14,18,24H,3-4,7,9H2/t18-/m0/s1. The van der Waals surface area contributed by atoms with E-state index in [1.165, 1.54) is 29.4 Å². The number of nitrogens with one attached hydrogen (secondary N) is 1. The minimum Gasteiger partial charge on any atom is -0.357 e. The molecule has 4 heterocycles. The highest BCUT2D eigenvalue weighted by atomic mass is 15.2. The van der Waals surface area contributed by atoms with E-state index in [0.717, 1.165) is 24.6 Å². The van der Waals surface area contributed by atoms with E-state index in [-0.39, 0.29) is 0 Å². The number of rotatable bonds is 3. The maximum Gasteiger partial charge on any atom is 0.143 e. The first-order valence-electron chi connectivity index (χ1n) is 9.03. The third kappa shape index (κ3) is 2.63. The second-order valence-corrected chi connectivity index (χ2v) is 6.72. The van der Waals surface area contributed by atoms with Crippen molar-refractivity contribution in [1.29, 1.82) is 0 Å². The molecule has 6 nitrogen and oxygen atoms in total. The van der Waals surface area contributed by atoms with Crippen LogP contribution in [0.15, 0.2) is 61.4 Å². The fourth-order valence-electron chi connectivity index (χ4n) is 3.83. The number of aromatic amines is 1. The molecule has 0 aliphatic carbocycles. The number of H-pyrrole nitrogens is 1. The van der Waals surface area contributed by atoms with Crippen molar-refractivity contribution >= 4 is 16.7 Å². The molecular formula is C20H20N6. The topological polar surface area (TPSA) is 62.6 Å². The van der Waals surface area contributed by atoms with Crippen LogP contribution in [0.1, 0.15) is 31.0 Å². The molecule has 0 amide bonds. The number of hydrogen-bond acceptors (Lipinski definition) is 4. The van der Waals surface area contributed by atoms with Crippen molar-refractivity contribution in [1.82, 2.24) is 24.5 Å². The Labute approximate surface area is 151 Å². The SMILES string of the molecule is c1ccc2[nH]c([C@@H]3CCCCN3c3cc(-n4ccnc4)ncn3)cc2c1. The lowest BCUT2D eigenvalue weighted by molar-refractivity contribution is 0.463. The van der Waals surface area contributed by atoms with Crippen molar-refractivity contribution in [2.24, 2.45) is 0 Å². The highest BCUT2D eigenvalue weighted by Gasteiger charge is 2.26. The Morgan fingerprint density at radius 1 is 1.04 bits per heavy atom. The van der Waals surface area contributed by atoms with Crippen LogP contribution >= 0.6 is 0 Å². The first-order chi connectivity index (χ1) is 12.9. The molecule has 0 spiro atoms. The molecule has 1 aliphatic rings. The summed E-state index contributed by atoms with van der Waals surface area (Å²) < 4.78 is 1.91. The normalized spacial score (nSPS) is 17.7. The van der Waals surface area contributed by atoms with Gasteiger partial charge in [0.1, 0.15) is 24.3 Å². The van der Waals surface area contributed by atoms with Crippen molar-refractivity contribution in [3.8, 4) is 5.82 Å². The van der Waals surface area contributed by atoms with Crippen LogP contribution in [0.5, 0.6) is 0 Å². The van der Waals surface area contributed by atoms with Gasteiger partial charge in [-0.3, -0.25) is 4.57 Å². The van der Waals surface area contributed by atoms with E-state index >= 15 is 0 Å². The van der Waals surface area contributed by atoms with Crippen molar-refractivity contribution in [3.63, 3.8) is 0 Å². The summed E-state index contributed by atoms with van der Waals surface area (Å²) in [5.41, 5.74) is 2.45. The summed E-state index contributed by atoms with van der Waals surface area (Å²) in [5.74, 6) is 1.81. The molecular weight excluding hydrogens is 324 g/mol. The van der Waals surface area contributed by atoms with Crippen molar-refractivity contribution in [3.05, 3.63) is 67.1 Å². The first kappa shape index (κ1) is 15.1. The van der Waals surface area contributed by atoms with Gasteiger partial charge in [-0.15, -0.1) is 0 Å². The summed E-state index contributed by atoms with van der Waals surface area (Å²) in [7, 11) is 0. The molecule has 6 heteroatoms. The Kier molecular flexibility index (Phi) is 3.66. The van der Waals surface area contributed by atoms with Crippen LogP contribution in [-0.2, 0) is 0 Å². The van der Waals surface area contributed by atoms with E-state index in [1.807, 2.05) is 16.8 Å². The number of anilines is 1. The fourth-order valence-corrected chi connectivity index (χ4v) is 3.83. The molecule has 1 saturated heterocycles. The van der Waals surface area contributed by atoms with Gasteiger partial charge in [-0.25, -0.2) is 15.0 Å². The average Bonchev–Trinajstić information content (AvgIpc) is 3.38. The van der Waals surface area contributed by atoms with Gasteiger partial charge in [-0.2, -0.15) is 0 Å². The van der Waals surface area contributed by atoms with Gasteiger partial charge in [0.15, 0.2) is 0 Å². The Morgan fingerprint density at radius 2 is 1.96 bits per heavy atom. The van der Waals surface area contributed by atoms with Gasteiger partial charge in [0.25, 0.3) is 0 Å². The molecule has 1 aliphatic heterocycles. The molecule has 4 aromatic rings. The van der Waals surface area contributed by atoms with Crippen molar-refractivity contribution < 1.29 is 0 Å². The predicted octanol–water partition coefficient (Wildman–Crippen LogP) is 3.88. The molecule has 26 heavy (non-hydrogen) atoms. The molecule has 0 unspecified atom stereocenters. The zero-order valence-corrected chi connectivity index (χ0v) is 14.4. The van der Waals surface area contributed by atoms with Gasteiger partial charge in [-0.1, -0.05) is 18.2 Å². The Morgan fingerprint density at radius 3 is 2.85 bits per heavy atom. The second-order valence-electron chi connectivity index (χ2n) is 6.72. The third-order valence-corrected chi connectivity index (χ3v) is 5.11. The first-order valence-corrected chi connectivity index (χ1v) is 9.03. The minimum atomic E-state index is 0.307. The molecule has 0 saturated carbocycles. The maximum absolute atomic E-state index is 4.57. The molecule has 0 bridgehead atoms. The van der Waals surface area contributed by atoms with Gasteiger partial charge in [0.05, 0.1) is 6.04 Å². The summed E-state index contributed by atoms with van der Waals surface area (Å²) in [6.45, 7) is 1.00. The second kappa shape index (κ2) is 6.29. The number of imidazole rings is 1. The number of piperidine rings is 1. The maximum atomic E-state index is 4.57. The van der Waals surface area contributed by atoms with Crippen LogP contribution in [-0.4, -0.2) is 31.0 Å². The zero-order valence-electron chi connectivity index (χ0n) is 14.4. The summed E-state index contributed by atoms with van der Waals surface area (Å²) in [6, 6.07) is 13.1. The Hall–Kier alpha value is -3.15. The molecule has 0 radical (unpaired) electrons. The van der Waals surface area contributed by atoms with E-state index in [4.69, 9.17) is 0 Å². The van der Waals surface area contributed by atoms with Gasteiger partial charge >= 0.3 is 0 Å². The monoisotopic (exact) mass is 344 g/mol. The van der Waals surface area contributed by atoms with E-state index in [9.17, 15) is 0 Å². The lowest BCUT2D eigenvalue weighted by atomic mass is 9.99. The Bertz CT molecular complexity index is 987.